The van der Waals surface area contributed by atoms with Crippen LogP contribution in [0.1, 0.15) is 6.92 Å². The summed E-state index contributed by atoms with van der Waals surface area (Å²) in [6.07, 6.45) is 1.50. The number of nitrogens with zero attached hydrogens (tertiary/aromatic N) is 2. The lowest BCUT2D eigenvalue weighted by Gasteiger charge is -2.20. The van der Waals surface area contributed by atoms with Gasteiger partial charge in [0.1, 0.15) is 0 Å². The molecule has 1 aromatic carbocycles. The fourth-order valence-electron chi connectivity index (χ4n) is 1.83. The van der Waals surface area contributed by atoms with Crippen molar-refractivity contribution in [1.82, 2.24) is 4.98 Å². The second kappa shape index (κ2) is 6.85. The van der Waals surface area contributed by atoms with Gasteiger partial charge in [-0.15, -0.1) is 0 Å². The number of amides is 2. The number of likely N-dealkylation sites (N-methyl/N-ethyl adjacent to an activating group) is 1. The number of rotatable bonds is 3. The number of carbonyl (C=O) groups excluding carboxylic acids is 2. The average Bonchev–Trinajstić information content (AvgIpc) is 2.51. The first-order valence-electron chi connectivity index (χ1n) is 6.42. The van der Waals surface area contributed by atoms with Gasteiger partial charge >= 0.3 is 11.8 Å². The van der Waals surface area contributed by atoms with E-state index < -0.39 is 11.8 Å². The Labute approximate surface area is 127 Å². The number of nitrogens with one attached hydrogen (secondary N) is 1. The van der Waals surface area contributed by atoms with Crippen LogP contribution in [0.25, 0.3) is 0 Å². The number of carbonyl (C=O) groups is 2. The van der Waals surface area contributed by atoms with E-state index in [9.17, 15) is 9.59 Å². The van der Waals surface area contributed by atoms with E-state index in [0.717, 1.165) is 0 Å². The molecule has 0 atom stereocenters. The molecular formula is C15H14ClN3O2. The average molecular weight is 304 g/mol. The Morgan fingerprint density at radius 1 is 1.19 bits per heavy atom. The quantitative estimate of drug-likeness (QED) is 0.700. The number of pyridine rings is 1. The molecule has 0 aliphatic heterocycles. The van der Waals surface area contributed by atoms with Gasteiger partial charge in [0.05, 0.1) is 5.69 Å². The lowest BCUT2D eigenvalue weighted by molar-refractivity contribution is -0.134. The molecule has 5 nitrogen and oxygen atoms in total. The van der Waals surface area contributed by atoms with Gasteiger partial charge in [-0.1, -0.05) is 29.8 Å². The minimum atomic E-state index is -0.754. The molecule has 0 spiro atoms. The number of halogens is 1. The predicted octanol–water partition coefficient (Wildman–Crippen LogP) is 2.73. The molecule has 0 radical (unpaired) electrons. The molecule has 2 aromatic rings. The molecule has 1 heterocycles. The lowest BCUT2D eigenvalue weighted by atomic mass is 10.2. The van der Waals surface area contributed by atoms with Crippen molar-refractivity contribution in [1.29, 1.82) is 0 Å². The number of benzene rings is 1. The number of anilines is 2. The van der Waals surface area contributed by atoms with Crippen LogP contribution in [0.15, 0.2) is 48.7 Å². The number of aromatic nitrogens is 1. The van der Waals surface area contributed by atoms with Crippen LogP contribution in [0.3, 0.4) is 0 Å². The Balaban J connectivity index is 2.15. The van der Waals surface area contributed by atoms with Crippen LogP contribution in [0, 0.1) is 0 Å². The first kappa shape index (κ1) is 15.0. The summed E-state index contributed by atoms with van der Waals surface area (Å²) in [5.74, 6) is -1.40. The molecule has 21 heavy (non-hydrogen) atoms. The van der Waals surface area contributed by atoms with E-state index in [1.807, 2.05) is 6.07 Å². The maximum Gasteiger partial charge on any atom is 0.316 e. The SMILES string of the molecule is CCN(C(=O)C(=O)Nc1cccnc1Cl)c1ccccc1. The van der Waals surface area contributed by atoms with E-state index in [-0.39, 0.29) is 5.15 Å². The zero-order valence-electron chi connectivity index (χ0n) is 11.4. The van der Waals surface area contributed by atoms with E-state index in [0.29, 0.717) is 17.9 Å². The molecule has 0 saturated carbocycles. The van der Waals surface area contributed by atoms with E-state index >= 15 is 0 Å². The second-order valence-corrected chi connectivity index (χ2v) is 4.54. The van der Waals surface area contributed by atoms with Gasteiger partial charge in [-0.25, -0.2) is 4.98 Å². The summed E-state index contributed by atoms with van der Waals surface area (Å²) >= 11 is 5.85. The molecule has 0 saturated heterocycles. The first-order chi connectivity index (χ1) is 10.1. The van der Waals surface area contributed by atoms with E-state index in [4.69, 9.17) is 11.6 Å². The molecule has 2 amide bonds. The van der Waals surface area contributed by atoms with Crippen molar-refractivity contribution >= 4 is 34.8 Å². The summed E-state index contributed by atoms with van der Waals surface area (Å²) in [5.41, 5.74) is 0.971. The molecule has 0 unspecified atom stereocenters. The summed E-state index contributed by atoms with van der Waals surface area (Å²) in [5, 5.41) is 2.61. The van der Waals surface area contributed by atoms with Crippen molar-refractivity contribution in [2.24, 2.45) is 0 Å². The standard InChI is InChI=1S/C15H14ClN3O2/c1-2-19(11-7-4-3-5-8-11)15(21)14(20)18-12-9-6-10-17-13(12)16/h3-10H,2H2,1H3,(H,18,20). The minimum absolute atomic E-state index is 0.140. The predicted molar refractivity (Wildman–Crippen MR) is 82.3 cm³/mol. The fourth-order valence-corrected chi connectivity index (χ4v) is 2.00. The van der Waals surface area contributed by atoms with Gasteiger partial charge < -0.3 is 10.2 Å². The van der Waals surface area contributed by atoms with E-state index in [1.165, 1.54) is 11.1 Å². The van der Waals surface area contributed by atoms with Crippen LogP contribution < -0.4 is 10.2 Å². The molecule has 0 aliphatic carbocycles. The Kier molecular flexibility index (Phi) is 4.90. The first-order valence-corrected chi connectivity index (χ1v) is 6.79. The maximum absolute atomic E-state index is 12.2. The summed E-state index contributed by atoms with van der Waals surface area (Å²) in [4.78, 5) is 29.5. The van der Waals surface area contributed by atoms with Crippen LogP contribution >= 0.6 is 11.6 Å². The van der Waals surface area contributed by atoms with Gasteiger partial charge in [0, 0.05) is 18.4 Å². The monoisotopic (exact) mass is 303 g/mol. The molecule has 2 rings (SSSR count). The third-order valence-electron chi connectivity index (χ3n) is 2.83. The van der Waals surface area contributed by atoms with Gasteiger partial charge in [0.25, 0.3) is 0 Å². The Hall–Kier alpha value is -2.40. The van der Waals surface area contributed by atoms with Gasteiger partial charge in [-0.05, 0) is 31.2 Å². The number of hydrogen-bond donors (Lipinski definition) is 1. The van der Waals surface area contributed by atoms with Crippen molar-refractivity contribution < 1.29 is 9.59 Å². The third-order valence-corrected chi connectivity index (χ3v) is 3.13. The molecule has 0 bridgehead atoms. The highest BCUT2D eigenvalue weighted by atomic mass is 35.5. The fraction of sp³-hybridized carbons (Fsp3) is 0.133. The highest BCUT2D eigenvalue weighted by Crippen LogP contribution is 2.18. The molecule has 0 fully saturated rings. The van der Waals surface area contributed by atoms with Crippen molar-refractivity contribution in [3.05, 3.63) is 53.8 Å². The van der Waals surface area contributed by atoms with Gasteiger partial charge in [0.15, 0.2) is 5.15 Å². The number of para-hydroxylation sites is 1. The molecule has 6 heteroatoms. The van der Waals surface area contributed by atoms with Crippen LogP contribution in [-0.2, 0) is 9.59 Å². The topological polar surface area (TPSA) is 62.3 Å². The van der Waals surface area contributed by atoms with Crippen LogP contribution in [0.5, 0.6) is 0 Å². The summed E-state index contributed by atoms with van der Waals surface area (Å²) < 4.78 is 0. The van der Waals surface area contributed by atoms with E-state index in [2.05, 4.69) is 10.3 Å². The zero-order valence-corrected chi connectivity index (χ0v) is 12.2. The Morgan fingerprint density at radius 3 is 2.52 bits per heavy atom. The number of hydrogen-bond acceptors (Lipinski definition) is 3. The maximum atomic E-state index is 12.2. The highest BCUT2D eigenvalue weighted by molar-refractivity contribution is 6.45. The highest BCUT2D eigenvalue weighted by Gasteiger charge is 2.22. The van der Waals surface area contributed by atoms with Crippen molar-refractivity contribution in [3.8, 4) is 0 Å². The van der Waals surface area contributed by atoms with E-state index in [1.54, 1.807) is 43.3 Å². The van der Waals surface area contributed by atoms with Crippen LogP contribution in [-0.4, -0.2) is 23.3 Å². The molecular weight excluding hydrogens is 290 g/mol. The summed E-state index contributed by atoms with van der Waals surface area (Å²) in [6, 6.07) is 12.2. The van der Waals surface area contributed by atoms with Crippen LogP contribution in [0.4, 0.5) is 11.4 Å². The Morgan fingerprint density at radius 2 is 1.90 bits per heavy atom. The normalized spacial score (nSPS) is 10.0. The smallest absolute Gasteiger partial charge is 0.315 e. The second-order valence-electron chi connectivity index (χ2n) is 4.18. The van der Waals surface area contributed by atoms with Gasteiger partial charge in [0.2, 0.25) is 0 Å². The Bertz CT molecular complexity index is 646. The largest absolute Gasteiger partial charge is 0.316 e. The minimum Gasteiger partial charge on any atom is -0.315 e. The van der Waals surface area contributed by atoms with Gasteiger partial charge in [-0.2, -0.15) is 0 Å². The molecule has 1 aromatic heterocycles. The third kappa shape index (κ3) is 3.58. The summed E-state index contributed by atoms with van der Waals surface area (Å²) in [6.45, 7) is 2.19. The molecule has 0 aliphatic rings. The lowest BCUT2D eigenvalue weighted by Crippen LogP contribution is -2.39. The summed E-state index contributed by atoms with van der Waals surface area (Å²) in [7, 11) is 0. The van der Waals surface area contributed by atoms with Crippen molar-refractivity contribution in [2.75, 3.05) is 16.8 Å². The molecule has 1 N–H and O–H groups in total. The zero-order chi connectivity index (χ0) is 15.2. The van der Waals surface area contributed by atoms with Crippen LogP contribution in [0.2, 0.25) is 5.15 Å². The van der Waals surface area contributed by atoms with Crippen molar-refractivity contribution in [3.63, 3.8) is 0 Å². The van der Waals surface area contributed by atoms with Crippen molar-refractivity contribution in [2.45, 2.75) is 6.92 Å². The molecule has 108 valence electrons. The van der Waals surface area contributed by atoms with Gasteiger partial charge in [-0.3, -0.25) is 9.59 Å².